The van der Waals surface area contributed by atoms with Crippen molar-refractivity contribution in [3.05, 3.63) is 28.8 Å². The largest absolute Gasteiger partial charge is 0.244 e. The van der Waals surface area contributed by atoms with Crippen LogP contribution in [0.2, 0.25) is 5.02 Å². The molecule has 1 aromatic carbocycles. The van der Waals surface area contributed by atoms with Gasteiger partial charge in [0.2, 0.25) is 10.0 Å². The fourth-order valence-corrected chi connectivity index (χ4v) is 4.13. The zero-order valence-corrected chi connectivity index (χ0v) is 14.0. The second-order valence-corrected chi connectivity index (χ2v) is 7.77. The summed E-state index contributed by atoms with van der Waals surface area (Å²) in [5, 5.41) is 8.86. The van der Waals surface area contributed by atoms with Crippen molar-refractivity contribution in [3.8, 4) is 6.07 Å². The highest BCUT2D eigenvalue weighted by Crippen LogP contribution is 2.26. The monoisotopic (exact) mass is 332 g/mol. The van der Waals surface area contributed by atoms with Crippen LogP contribution in [0.25, 0.3) is 0 Å². The molecule has 4 nitrogen and oxygen atoms in total. The molecule has 0 fully saturated rings. The quantitative estimate of drug-likeness (QED) is 0.803. The van der Waals surface area contributed by atoms with Crippen LogP contribution in [-0.4, -0.2) is 37.8 Å². The molecule has 20 heavy (non-hydrogen) atoms. The van der Waals surface area contributed by atoms with Crippen LogP contribution in [0.4, 0.5) is 0 Å². The van der Waals surface area contributed by atoms with Gasteiger partial charge in [-0.3, -0.25) is 0 Å². The molecule has 0 aliphatic rings. The van der Waals surface area contributed by atoms with Gasteiger partial charge >= 0.3 is 0 Å². The highest BCUT2D eigenvalue weighted by molar-refractivity contribution is 7.98. The van der Waals surface area contributed by atoms with Crippen LogP contribution in [0.5, 0.6) is 0 Å². The number of nitrogens with zero attached hydrogens (tertiary/aromatic N) is 2. The predicted octanol–water partition coefficient (Wildman–Crippen LogP) is 2.97. The topological polar surface area (TPSA) is 61.2 Å². The number of hydrogen-bond donors (Lipinski definition) is 0. The predicted molar refractivity (Wildman–Crippen MR) is 83.6 cm³/mol. The van der Waals surface area contributed by atoms with E-state index >= 15 is 0 Å². The summed E-state index contributed by atoms with van der Waals surface area (Å²) >= 11 is 7.66. The molecule has 0 saturated carbocycles. The van der Waals surface area contributed by atoms with Crippen molar-refractivity contribution in [3.63, 3.8) is 0 Å². The molecule has 1 unspecified atom stereocenters. The van der Waals surface area contributed by atoms with Crippen LogP contribution >= 0.6 is 23.4 Å². The van der Waals surface area contributed by atoms with Crippen LogP contribution in [0, 0.1) is 11.3 Å². The van der Waals surface area contributed by atoms with Gasteiger partial charge in [-0.25, -0.2) is 8.42 Å². The van der Waals surface area contributed by atoms with E-state index in [1.165, 1.54) is 22.5 Å². The van der Waals surface area contributed by atoms with Gasteiger partial charge in [0.05, 0.1) is 16.7 Å². The maximum Gasteiger partial charge on any atom is 0.244 e. The van der Waals surface area contributed by atoms with Gasteiger partial charge in [0.1, 0.15) is 4.90 Å². The molecule has 1 rings (SSSR count). The first-order chi connectivity index (χ1) is 9.34. The fourth-order valence-electron chi connectivity index (χ4n) is 1.64. The molecule has 110 valence electrons. The molecule has 0 aliphatic carbocycles. The minimum atomic E-state index is -3.64. The zero-order chi connectivity index (χ0) is 15.3. The summed E-state index contributed by atoms with van der Waals surface area (Å²) in [5.74, 6) is 0.891. The Morgan fingerprint density at radius 3 is 2.65 bits per heavy atom. The third-order valence-corrected chi connectivity index (χ3v) is 6.18. The molecule has 0 radical (unpaired) electrons. The summed E-state index contributed by atoms with van der Waals surface area (Å²) < 4.78 is 26.3. The first-order valence-electron chi connectivity index (χ1n) is 6.01. The number of benzene rings is 1. The van der Waals surface area contributed by atoms with Gasteiger partial charge in [-0.2, -0.15) is 21.3 Å². The molecule has 0 saturated heterocycles. The van der Waals surface area contributed by atoms with Crippen molar-refractivity contribution in [1.29, 1.82) is 5.26 Å². The SMILES string of the molecule is CSCCC(C)N(C)S(=O)(=O)c1ccc(C#N)cc1Cl. The van der Waals surface area contributed by atoms with Gasteiger partial charge < -0.3 is 0 Å². The fraction of sp³-hybridized carbons (Fsp3) is 0.462. The van der Waals surface area contributed by atoms with E-state index in [0.29, 0.717) is 5.56 Å². The van der Waals surface area contributed by atoms with Gasteiger partial charge in [-0.15, -0.1) is 0 Å². The Labute approximate surface area is 129 Å². The van der Waals surface area contributed by atoms with Crippen molar-refractivity contribution in [2.45, 2.75) is 24.3 Å². The van der Waals surface area contributed by atoms with Crippen molar-refractivity contribution in [2.24, 2.45) is 0 Å². The summed E-state index contributed by atoms with van der Waals surface area (Å²) in [7, 11) is -2.09. The molecule has 0 heterocycles. The van der Waals surface area contributed by atoms with Gasteiger partial charge in [-0.05, 0) is 43.6 Å². The number of rotatable bonds is 6. The lowest BCUT2D eigenvalue weighted by atomic mass is 10.2. The Bertz CT molecular complexity index is 611. The Kier molecular flexibility index (Phi) is 6.34. The molecule has 1 aromatic rings. The van der Waals surface area contributed by atoms with E-state index < -0.39 is 10.0 Å². The van der Waals surface area contributed by atoms with Gasteiger partial charge in [0.15, 0.2) is 0 Å². The maximum absolute atomic E-state index is 12.5. The van der Waals surface area contributed by atoms with Crippen LogP contribution in [0.3, 0.4) is 0 Å². The molecular formula is C13H17ClN2O2S2. The molecule has 0 spiro atoms. The van der Waals surface area contributed by atoms with Crippen molar-refractivity contribution in [1.82, 2.24) is 4.31 Å². The third kappa shape index (κ3) is 3.89. The van der Waals surface area contributed by atoms with E-state index in [2.05, 4.69) is 0 Å². The van der Waals surface area contributed by atoms with Gasteiger partial charge in [0.25, 0.3) is 0 Å². The molecule has 0 aromatic heterocycles. The molecule has 7 heteroatoms. The van der Waals surface area contributed by atoms with Crippen molar-refractivity contribution >= 4 is 33.4 Å². The van der Waals surface area contributed by atoms with Gasteiger partial charge in [-0.1, -0.05) is 11.6 Å². The molecule has 1 atom stereocenters. The van der Waals surface area contributed by atoms with Crippen molar-refractivity contribution in [2.75, 3.05) is 19.1 Å². The lowest BCUT2D eigenvalue weighted by Gasteiger charge is -2.24. The highest BCUT2D eigenvalue weighted by atomic mass is 35.5. The second kappa shape index (κ2) is 7.32. The van der Waals surface area contributed by atoms with Gasteiger partial charge in [0, 0.05) is 13.1 Å². The standard InChI is InChI=1S/C13H17ClN2O2S2/c1-10(6-7-19-3)16(2)20(17,18)13-5-4-11(9-15)8-12(13)14/h4-5,8,10H,6-7H2,1-3H3. The Morgan fingerprint density at radius 2 is 2.15 bits per heavy atom. The molecule has 0 aliphatic heterocycles. The number of hydrogen-bond acceptors (Lipinski definition) is 4. The van der Waals surface area contributed by atoms with E-state index in [9.17, 15) is 8.42 Å². The van der Waals surface area contributed by atoms with E-state index in [1.807, 2.05) is 19.2 Å². The second-order valence-electron chi connectivity index (χ2n) is 4.41. The molecular weight excluding hydrogens is 316 g/mol. The zero-order valence-electron chi connectivity index (χ0n) is 11.6. The van der Waals surface area contributed by atoms with Crippen LogP contribution in [-0.2, 0) is 10.0 Å². The summed E-state index contributed by atoms with van der Waals surface area (Å²) in [5.41, 5.74) is 0.340. The lowest BCUT2D eigenvalue weighted by molar-refractivity contribution is 0.382. The Balaban J connectivity index is 3.08. The summed E-state index contributed by atoms with van der Waals surface area (Å²) in [6, 6.07) is 6.03. The molecule has 0 amide bonds. The van der Waals surface area contributed by atoms with Crippen molar-refractivity contribution < 1.29 is 8.42 Å². The molecule has 0 bridgehead atoms. The van der Waals surface area contributed by atoms with Crippen LogP contribution < -0.4 is 0 Å². The number of sulfonamides is 1. The first kappa shape index (κ1) is 17.3. The van der Waals surface area contributed by atoms with Crippen LogP contribution in [0.15, 0.2) is 23.1 Å². The number of halogens is 1. The minimum absolute atomic E-state index is 0.0386. The van der Waals surface area contributed by atoms with E-state index in [0.717, 1.165) is 12.2 Å². The number of nitriles is 1. The third-order valence-electron chi connectivity index (χ3n) is 3.08. The molecule has 0 N–H and O–H groups in total. The lowest BCUT2D eigenvalue weighted by Crippen LogP contribution is -2.35. The first-order valence-corrected chi connectivity index (χ1v) is 9.22. The maximum atomic E-state index is 12.5. The minimum Gasteiger partial charge on any atom is -0.207 e. The Hall–Kier alpha value is -0.740. The summed E-state index contributed by atoms with van der Waals surface area (Å²) in [4.78, 5) is 0.0386. The van der Waals surface area contributed by atoms with E-state index in [-0.39, 0.29) is 16.0 Å². The average Bonchev–Trinajstić information content (AvgIpc) is 2.43. The summed E-state index contributed by atoms with van der Waals surface area (Å²) in [6.07, 6.45) is 2.75. The highest BCUT2D eigenvalue weighted by Gasteiger charge is 2.27. The number of thioether (sulfide) groups is 1. The average molecular weight is 333 g/mol. The normalized spacial score (nSPS) is 13.2. The van der Waals surface area contributed by atoms with Crippen LogP contribution in [0.1, 0.15) is 18.9 Å². The Morgan fingerprint density at radius 1 is 1.50 bits per heavy atom. The van der Waals surface area contributed by atoms with E-state index in [4.69, 9.17) is 16.9 Å². The van der Waals surface area contributed by atoms with E-state index in [1.54, 1.807) is 18.8 Å². The summed E-state index contributed by atoms with van der Waals surface area (Å²) in [6.45, 7) is 1.87. The smallest absolute Gasteiger partial charge is 0.207 e.